The predicted molar refractivity (Wildman–Crippen MR) is 259 cm³/mol. The van der Waals surface area contributed by atoms with Gasteiger partial charge in [-0.2, -0.15) is 0 Å². The summed E-state index contributed by atoms with van der Waals surface area (Å²) in [6.45, 7) is 4.95. The number of hydrogen-bond donors (Lipinski definition) is 11. The minimum atomic E-state index is -1.97. The Morgan fingerprint density at radius 2 is 1.38 bits per heavy atom. The topological polar surface area (TPSA) is 471 Å². The normalized spacial score (nSPS) is 21.3. The second-order valence-corrected chi connectivity index (χ2v) is 17.8. The number of ether oxygens (including phenoxy) is 5. The molecule has 3 rings (SSSR count). The van der Waals surface area contributed by atoms with E-state index in [4.69, 9.17) is 46.6 Å². The molecule has 2 fully saturated rings. The van der Waals surface area contributed by atoms with Crippen molar-refractivity contribution in [2.45, 2.75) is 153 Å². The van der Waals surface area contributed by atoms with Crippen molar-refractivity contribution in [2.24, 2.45) is 27.9 Å². The highest BCUT2D eigenvalue weighted by molar-refractivity contribution is 5.97. The van der Waals surface area contributed by atoms with Crippen molar-refractivity contribution in [2.75, 3.05) is 19.6 Å². The molecule has 0 aromatic heterocycles. The maximum absolute atomic E-state index is 14.1. The van der Waals surface area contributed by atoms with Gasteiger partial charge in [-0.1, -0.05) is 30.3 Å². The van der Waals surface area contributed by atoms with E-state index in [1.165, 1.54) is 13.8 Å². The van der Waals surface area contributed by atoms with Crippen LogP contribution in [0.1, 0.15) is 78.7 Å². The van der Waals surface area contributed by atoms with Gasteiger partial charge in [0, 0.05) is 40.3 Å². The molecule has 0 bridgehead atoms. The molecule has 7 amide bonds. The number of benzene rings is 1. The second kappa shape index (κ2) is 29.8. The molecule has 2 heterocycles. The van der Waals surface area contributed by atoms with E-state index in [1.807, 2.05) is 0 Å². The summed E-state index contributed by atoms with van der Waals surface area (Å²) in [5.41, 5.74) is 22.3. The third-order valence-electron chi connectivity index (χ3n) is 11.5. The zero-order valence-corrected chi connectivity index (χ0v) is 42.4. The first-order valence-corrected chi connectivity index (χ1v) is 23.9. The van der Waals surface area contributed by atoms with Crippen LogP contribution in [-0.2, 0) is 87.6 Å². The van der Waals surface area contributed by atoms with Gasteiger partial charge in [-0.3, -0.25) is 57.7 Å². The van der Waals surface area contributed by atoms with Crippen molar-refractivity contribution in [3.05, 3.63) is 35.9 Å². The van der Waals surface area contributed by atoms with E-state index in [0.717, 1.165) is 25.7 Å². The van der Waals surface area contributed by atoms with Gasteiger partial charge in [-0.15, -0.1) is 0 Å². The van der Waals surface area contributed by atoms with Crippen LogP contribution in [0, 0.1) is 0 Å². The van der Waals surface area contributed by atoms with E-state index in [2.05, 4.69) is 31.6 Å². The highest BCUT2D eigenvalue weighted by Gasteiger charge is 2.52. The van der Waals surface area contributed by atoms with Gasteiger partial charge in [0.1, 0.15) is 24.2 Å². The van der Waals surface area contributed by atoms with Crippen LogP contribution in [0.4, 0.5) is 0 Å². The number of aliphatic imine (C=N–C) groups is 1. The summed E-state index contributed by atoms with van der Waals surface area (Å²) >= 11 is 0. The molecule has 30 heteroatoms. The zero-order chi connectivity index (χ0) is 57.0. The van der Waals surface area contributed by atoms with Crippen LogP contribution >= 0.6 is 0 Å². The summed E-state index contributed by atoms with van der Waals surface area (Å²) < 4.78 is 27.8. The Kier molecular flexibility index (Phi) is 24.4. The quantitative estimate of drug-likeness (QED) is 0.0123. The maximum Gasteiger partial charge on any atom is 0.328 e. The second-order valence-electron chi connectivity index (χ2n) is 17.8. The summed E-state index contributed by atoms with van der Waals surface area (Å²) in [7, 11) is 0. The van der Waals surface area contributed by atoms with Crippen molar-refractivity contribution >= 4 is 77.2 Å². The Morgan fingerprint density at radius 3 is 1.96 bits per heavy atom. The SMILES string of the molecule is CC(=O)O[C@@H]1[C@@H](OC(C)=O)[C@H](C)O[C@@H](O[C@H](C)[C@H](NC(=O)[C@H](Cc2ccccc2)NC(=O)[C@H](CC(=O)O)NC(=O)CNC(=O)[C@H](CCCN=C(N)N)NC(=O)[C@@H]2CCCN2C(=O)[C@@H](N)CC(N)=O)C(=O)O)[C@@H]1OC(C)=O. The third kappa shape index (κ3) is 20.0. The van der Waals surface area contributed by atoms with Gasteiger partial charge in [0.25, 0.3) is 0 Å². The molecule has 2 aliphatic rings. The molecule has 12 atom stereocenters. The lowest BCUT2D eigenvalue weighted by atomic mass is 9.98. The van der Waals surface area contributed by atoms with Crippen molar-refractivity contribution in [1.82, 2.24) is 31.5 Å². The molecule has 0 saturated carbocycles. The van der Waals surface area contributed by atoms with Crippen molar-refractivity contribution in [1.29, 1.82) is 0 Å². The highest BCUT2D eigenvalue weighted by atomic mass is 16.7. The van der Waals surface area contributed by atoms with E-state index in [9.17, 15) is 67.7 Å². The fraction of sp³-hybridized carbons (Fsp3) is 0.587. The van der Waals surface area contributed by atoms with Gasteiger partial charge in [-0.25, -0.2) is 4.79 Å². The van der Waals surface area contributed by atoms with E-state index >= 15 is 0 Å². The Hall–Kier alpha value is -7.99. The number of guanidine groups is 1. The Bertz CT molecular complexity index is 2320. The average Bonchev–Trinajstić information content (AvgIpc) is 3.82. The van der Waals surface area contributed by atoms with Crippen LogP contribution in [0.25, 0.3) is 0 Å². The maximum atomic E-state index is 14.1. The molecule has 420 valence electrons. The number of hydrogen-bond acceptors (Lipinski definition) is 19. The minimum Gasteiger partial charge on any atom is -0.481 e. The largest absolute Gasteiger partial charge is 0.481 e. The summed E-state index contributed by atoms with van der Waals surface area (Å²) in [5.74, 6) is -12.9. The van der Waals surface area contributed by atoms with Gasteiger partial charge < -0.3 is 88.3 Å². The molecule has 0 aliphatic carbocycles. The lowest BCUT2D eigenvalue weighted by molar-refractivity contribution is -0.310. The van der Waals surface area contributed by atoms with Crippen molar-refractivity contribution in [3.8, 4) is 0 Å². The van der Waals surface area contributed by atoms with Crippen molar-refractivity contribution in [3.63, 3.8) is 0 Å². The molecule has 2 saturated heterocycles. The molecule has 0 unspecified atom stereocenters. The number of nitrogens with zero attached hydrogens (tertiary/aromatic N) is 2. The van der Waals surface area contributed by atoms with Gasteiger partial charge in [0.15, 0.2) is 36.6 Å². The van der Waals surface area contributed by atoms with Gasteiger partial charge in [0.2, 0.25) is 41.4 Å². The fourth-order valence-corrected chi connectivity index (χ4v) is 8.11. The molecule has 0 spiro atoms. The summed E-state index contributed by atoms with van der Waals surface area (Å²) in [6.07, 6.45) is -10.1. The number of aliphatic carboxylic acids is 2. The molecule has 15 N–H and O–H groups in total. The first-order valence-electron chi connectivity index (χ1n) is 23.9. The number of amides is 7. The molecular formula is C46H67N11O19. The molecule has 0 radical (unpaired) electrons. The molecule has 76 heavy (non-hydrogen) atoms. The number of carboxylic acid groups (broad SMARTS) is 2. The molecule has 30 nitrogen and oxygen atoms in total. The summed E-state index contributed by atoms with van der Waals surface area (Å²) in [4.78, 5) is 159. The lowest BCUT2D eigenvalue weighted by Crippen LogP contribution is -2.63. The number of nitrogens with one attached hydrogen (secondary N) is 5. The molecule has 1 aromatic carbocycles. The highest BCUT2D eigenvalue weighted by Crippen LogP contribution is 2.30. The number of primary amides is 1. The van der Waals surface area contributed by atoms with Crippen LogP contribution in [0.3, 0.4) is 0 Å². The molecule has 2 aliphatic heterocycles. The number of nitrogens with two attached hydrogens (primary N) is 4. The smallest absolute Gasteiger partial charge is 0.328 e. The van der Waals surface area contributed by atoms with Crippen molar-refractivity contribution < 1.29 is 91.4 Å². The van der Waals surface area contributed by atoms with Crippen LogP contribution in [0.15, 0.2) is 35.3 Å². The number of esters is 3. The summed E-state index contributed by atoms with van der Waals surface area (Å²) in [5, 5.41) is 31.8. The number of carbonyl (C=O) groups is 12. The Labute approximate surface area is 435 Å². The van der Waals surface area contributed by atoms with E-state index in [0.29, 0.717) is 12.0 Å². The molecule has 1 aromatic rings. The number of carboxylic acids is 2. The lowest BCUT2D eigenvalue weighted by Gasteiger charge is -2.44. The van der Waals surface area contributed by atoms with Crippen LogP contribution in [0.5, 0.6) is 0 Å². The first-order chi connectivity index (χ1) is 35.7. The van der Waals surface area contributed by atoms with Crippen LogP contribution in [-0.4, -0.2) is 185 Å². The standard InChI is InChI=1S/C46H67N11O19/c1-21(72-45-38(76-25(5)60)37(75-24(4)59)36(22(2)73-45)74-23(3)58)35(44(70)71)56-41(67)29(17-26-11-7-6-8-12-26)55-40(66)30(19-34(63)64)53-33(62)20-52-39(65)28(13-9-15-51-46(49)50)54-42(68)31-14-10-16-57(31)43(69)27(47)18-32(48)61/h6-8,11-12,21-22,27-31,35-38,45H,9-10,13-20,47H2,1-5H3,(H2,48,61)(H,52,65)(H,53,62)(H,54,68)(H,55,66)(H,56,67)(H,63,64)(H,70,71)(H4,49,50,51)/t21-,22+,27+,28+,29+,30+,31+,35+,36+,37-,38-,45-/m1/s1. The van der Waals surface area contributed by atoms with Crippen LogP contribution < -0.4 is 49.5 Å². The number of carbonyl (C=O) groups excluding carboxylic acids is 10. The van der Waals surface area contributed by atoms with Gasteiger partial charge in [0.05, 0.1) is 37.6 Å². The van der Waals surface area contributed by atoms with E-state index in [-0.39, 0.29) is 44.7 Å². The number of likely N-dealkylation sites (tertiary alicyclic amines) is 1. The predicted octanol–water partition coefficient (Wildman–Crippen LogP) is -4.96. The zero-order valence-electron chi connectivity index (χ0n) is 42.4. The van der Waals surface area contributed by atoms with E-state index < -0.39 is 164 Å². The van der Waals surface area contributed by atoms with E-state index in [1.54, 1.807) is 30.3 Å². The van der Waals surface area contributed by atoms with Gasteiger partial charge in [-0.05, 0) is 45.1 Å². The number of rotatable bonds is 28. The monoisotopic (exact) mass is 1080 g/mol. The van der Waals surface area contributed by atoms with Gasteiger partial charge >= 0.3 is 29.8 Å². The molecular weight excluding hydrogens is 1010 g/mol. The van der Waals surface area contributed by atoms with Crippen LogP contribution in [0.2, 0.25) is 0 Å². The Morgan fingerprint density at radius 1 is 0.776 bits per heavy atom. The summed E-state index contributed by atoms with van der Waals surface area (Å²) in [6, 6.07) is -1.38. The minimum absolute atomic E-state index is 0.0182. The Balaban J connectivity index is 1.82. The fourth-order valence-electron chi connectivity index (χ4n) is 8.11. The average molecular weight is 1080 g/mol. The third-order valence-corrected chi connectivity index (χ3v) is 11.5. The first kappa shape index (κ1) is 62.3.